The fourth-order valence-corrected chi connectivity index (χ4v) is 3.54. The number of hydrogen-bond acceptors (Lipinski definition) is 10. The molecule has 0 bridgehead atoms. The minimum absolute atomic E-state index is 0.0277. The summed E-state index contributed by atoms with van der Waals surface area (Å²) in [6.45, 7) is 3.83. The Hall–Kier alpha value is -3.58. The Labute approximate surface area is 191 Å². The van der Waals surface area contributed by atoms with Crippen LogP contribution in [-0.2, 0) is 6.54 Å². The van der Waals surface area contributed by atoms with Gasteiger partial charge in [-0.25, -0.2) is 9.67 Å². The van der Waals surface area contributed by atoms with E-state index in [-0.39, 0.29) is 17.3 Å². The first-order chi connectivity index (χ1) is 16.1. The molecule has 0 spiro atoms. The lowest BCUT2D eigenvalue weighted by molar-refractivity contribution is 0.116. The number of halogens is 2. The summed E-state index contributed by atoms with van der Waals surface area (Å²) in [4.78, 5) is 11.4. The first kappa shape index (κ1) is 21.3. The zero-order valence-electron chi connectivity index (χ0n) is 17.2. The van der Waals surface area contributed by atoms with Crippen LogP contribution in [0.3, 0.4) is 0 Å². The van der Waals surface area contributed by atoms with Crippen molar-refractivity contribution in [2.24, 2.45) is 0 Å². The molecule has 0 saturated carbocycles. The molecule has 0 atom stereocenters. The molecule has 1 aliphatic heterocycles. The predicted octanol–water partition coefficient (Wildman–Crippen LogP) is 3.11. The maximum Gasteiger partial charge on any atom is 0.314 e. The lowest BCUT2D eigenvalue weighted by atomic mass is 10.2. The molecule has 5 heterocycles. The molecule has 0 aliphatic carbocycles. The topological polar surface area (TPSA) is 111 Å². The van der Waals surface area contributed by atoms with Gasteiger partial charge in [-0.3, -0.25) is 4.98 Å². The first-order valence-electron chi connectivity index (χ1n) is 10.1. The smallest absolute Gasteiger partial charge is 0.314 e. The quantitative estimate of drug-likeness (QED) is 0.420. The van der Waals surface area contributed by atoms with Crippen LogP contribution in [0.2, 0.25) is 0 Å². The van der Waals surface area contributed by atoms with Gasteiger partial charge >= 0.3 is 6.43 Å². The van der Waals surface area contributed by atoms with Crippen molar-refractivity contribution in [3.63, 3.8) is 0 Å². The van der Waals surface area contributed by atoms with Gasteiger partial charge < -0.3 is 19.1 Å². The normalized spacial score (nSPS) is 14.2. The van der Waals surface area contributed by atoms with Crippen molar-refractivity contribution in [2.75, 3.05) is 31.1 Å². The summed E-state index contributed by atoms with van der Waals surface area (Å²) < 4.78 is 37.4. The summed E-state index contributed by atoms with van der Waals surface area (Å²) in [5.74, 6) is 0.419. The largest absolute Gasteiger partial charge is 0.415 e. The molecule has 170 valence electrons. The minimum atomic E-state index is -2.83. The SMILES string of the molecule is FC(F)c1nnc(-c2ccc(Cn3nc(-c4cccc(N5CCNCC5)n4)oc3=S)nc2)o1. The van der Waals surface area contributed by atoms with Crippen LogP contribution in [0.5, 0.6) is 0 Å². The van der Waals surface area contributed by atoms with Gasteiger partial charge in [0.2, 0.25) is 5.89 Å². The number of nitrogens with one attached hydrogen (secondary N) is 1. The van der Waals surface area contributed by atoms with Crippen LogP contribution in [0.1, 0.15) is 18.0 Å². The van der Waals surface area contributed by atoms with Gasteiger partial charge in [0.05, 0.1) is 17.8 Å². The molecule has 0 amide bonds. The first-order valence-corrected chi connectivity index (χ1v) is 10.6. The summed E-state index contributed by atoms with van der Waals surface area (Å²) in [6, 6.07) is 9.03. The van der Waals surface area contributed by atoms with Gasteiger partial charge in [-0.15, -0.1) is 15.3 Å². The number of alkyl halides is 2. The van der Waals surface area contributed by atoms with E-state index in [1.807, 2.05) is 18.2 Å². The summed E-state index contributed by atoms with van der Waals surface area (Å²) in [6.07, 6.45) is -1.37. The van der Waals surface area contributed by atoms with Crippen LogP contribution in [0.25, 0.3) is 23.0 Å². The third-order valence-corrected chi connectivity index (χ3v) is 5.31. The van der Waals surface area contributed by atoms with Gasteiger partial charge in [-0.2, -0.15) is 8.78 Å². The van der Waals surface area contributed by atoms with Gasteiger partial charge in [0.25, 0.3) is 16.6 Å². The van der Waals surface area contributed by atoms with Crippen molar-refractivity contribution in [2.45, 2.75) is 13.0 Å². The summed E-state index contributed by atoms with van der Waals surface area (Å²) in [5, 5.41) is 14.7. The predicted molar refractivity (Wildman–Crippen MR) is 115 cm³/mol. The van der Waals surface area contributed by atoms with Crippen LogP contribution in [0, 0.1) is 4.84 Å². The van der Waals surface area contributed by atoms with Crippen LogP contribution in [0.4, 0.5) is 14.6 Å². The highest BCUT2D eigenvalue weighted by molar-refractivity contribution is 7.71. The van der Waals surface area contributed by atoms with Gasteiger partial charge in [0, 0.05) is 32.4 Å². The minimum Gasteiger partial charge on any atom is -0.415 e. The molecule has 1 N–H and O–H groups in total. The lowest BCUT2D eigenvalue weighted by Gasteiger charge is -2.28. The molecule has 13 heteroatoms. The number of pyridine rings is 2. The van der Waals surface area contributed by atoms with Crippen molar-refractivity contribution in [1.82, 2.24) is 35.3 Å². The van der Waals surface area contributed by atoms with E-state index in [9.17, 15) is 8.78 Å². The lowest BCUT2D eigenvalue weighted by Crippen LogP contribution is -2.43. The molecule has 0 aromatic carbocycles. The number of anilines is 1. The van der Waals surface area contributed by atoms with E-state index in [0.29, 0.717) is 22.8 Å². The van der Waals surface area contributed by atoms with Gasteiger partial charge in [-0.1, -0.05) is 6.07 Å². The van der Waals surface area contributed by atoms with E-state index in [1.165, 1.54) is 10.9 Å². The number of aromatic nitrogens is 6. The summed E-state index contributed by atoms with van der Waals surface area (Å²) in [7, 11) is 0. The second kappa shape index (κ2) is 9.11. The molecule has 0 radical (unpaired) electrons. The molecule has 10 nitrogen and oxygen atoms in total. The highest BCUT2D eigenvalue weighted by Gasteiger charge is 2.18. The second-order valence-corrected chi connectivity index (χ2v) is 7.58. The number of hydrogen-bond donors (Lipinski definition) is 1. The average molecular weight is 472 g/mol. The highest BCUT2D eigenvalue weighted by atomic mass is 32.1. The molecule has 0 unspecified atom stereocenters. The molecule has 33 heavy (non-hydrogen) atoms. The van der Waals surface area contributed by atoms with Crippen LogP contribution in [0.15, 0.2) is 45.4 Å². The van der Waals surface area contributed by atoms with Gasteiger partial charge in [0.1, 0.15) is 11.5 Å². The molecule has 5 rings (SSSR count). The fourth-order valence-electron chi connectivity index (χ4n) is 3.36. The van der Waals surface area contributed by atoms with Gasteiger partial charge in [0.15, 0.2) is 0 Å². The fraction of sp³-hybridized carbons (Fsp3) is 0.300. The molecule has 1 saturated heterocycles. The maximum atomic E-state index is 12.6. The van der Waals surface area contributed by atoms with Crippen molar-refractivity contribution in [3.8, 4) is 23.0 Å². The third kappa shape index (κ3) is 4.64. The van der Waals surface area contributed by atoms with Crippen molar-refractivity contribution in [3.05, 3.63) is 53.0 Å². The number of rotatable bonds is 6. The molecule has 4 aromatic rings. The average Bonchev–Trinajstić information content (AvgIpc) is 3.48. The van der Waals surface area contributed by atoms with Gasteiger partial charge in [-0.05, 0) is 36.5 Å². The molecular weight excluding hydrogens is 454 g/mol. The Bertz CT molecular complexity index is 1300. The Morgan fingerprint density at radius 1 is 1.06 bits per heavy atom. The Morgan fingerprint density at radius 2 is 1.91 bits per heavy atom. The van der Waals surface area contributed by atoms with Crippen LogP contribution in [-0.4, -0.2) is 56.1 Å². The van der Waals surface area contributed by atoms with Crippen LogP contribution >= 0.6 is 12.2 Å². The monoisotopic (exact) mass is 472 g/mol. The standard InChI is InChI=1S/C20H18F2N8O2S/c21-16(22)19-27-26-17(31-19)12-4-5-13(24-10-12)11-30-20(33)32-18(28-30)14-2-1-3-15(25-14)29-8-6-23-7-9-29/h1-5,10,16,23H,6-9,11H2. The van der Waals surface area contributed by atoms with Crippen molar-refractivity contribution in [1.29, 1.82) is 0 Å². The van der Waals surface area contributed by atoms with Crippen LogP contribution < -0.4 is 10.2 Å². The van der Waals surface area contributed by atoms with Crippen molar-refractivity contribution >= 4 is 18.0 Å². The van der Waals surface area contributed by atoms with E-state index >= 15 is 0 Å². The zero-order chi connectivity index (χ0) is 22.8. The van der Waals surface area contributed by atoms with E-state index < -0.39 is 12.3 Å². The molecule has 1 aliphatic rings. The zero-order valence-corrected chi connectivity index (χ0v) is 18.0. The second-order valence-electron chi connectivity index (χ2n) is 7.23. The molecule has 4 aromatic heterocycles. The molecule has 1 fully saturated rings. The van der Waals surface area contributed by atoms with E-state index in [1.54, 1.807) is 12.1 Å². The Morgan fingerprint density at radius 3 is 2.64 bits per heavy atom. The Balaban J connectivity index is 1.32. The third-order valence-electron chi connectivity index (χ3n) is 5.01. The Kier molecular flexibility index (Phi) is 5.88. The summed E-state index contributed by atoms with van der Waals surface area (Å²) in [5.41, 5.74) is 1.65. The van der Waals surface area contributed by atoms with Crippen molar-refractivity contribution < 1.29 is 17.6 Å². The molecular formula is C20H18F2N8O2S. The van der Waals surface area contributed by atoms with E-state index in [0.717, 1.165) is 32.0 Å². The van der Waals surface area contributed by atoms with E-state index in [4.69, 9.17) is 21.1 Å². The maximum absolute atomic E-state index is 12.6. The number of nitrogens with zero attached hydrogens (tertiary/aromatic N) is 7. The summed E-state index contributed by atoms with van der Waals surface area (Å²) >= 11 is 5.31. The highest BCUT2D eigenvalue weighted by Crippen LogP contribution is 2.23. The number of piperazine rings is 1. The van der Waals surface area contributed by atoms with E-state index in [2.05, 4.69) is 35.5 Å².